The van der Waals surface area contributed by atoms with Crippen LogP contribution in [0.5, 0.6) is 5.75 Å². The largest absolute Gasteiger partial charge is 0.484 e. The summed E-state index contributed by atoms with van der Waals surface area (Å²) in [5.74, 6) is -1.19. The zero-order valence-corrected chi connectivity index (χ0v) is 15.5. The SMILES string of the molecule is O=C(COc1cccc(C(F)(F)F)c1)NNC(=O)CN1CCCc2ccccc21. The quantitative estimate of drug-likeness (QED) is 0.748. The Morgan fingerprint density at radius 1 is 1.03 bits per heavy atom. The van der Waals surface area contributed by atoms with Crippen LogP contribution in [0.2, 0.25) is 0 Å². The third-order valence-corrected chi connectivity index (χ3v) is 4.41. The van der Waals surface area contributed by atoms with Crippen molar-refractivity contribution in [1.29, 1.82) is 0 Å². The van der Waals surface area contributed by atoms with Gasteiger partial charge >= 0.3 is 6.18 Å². The van der Waals surface area contributed by atoms with Gasteiger partial charge in [-0.25, -0.2) is 0 Å². The summed E-state index contributed by atoms with van der Waals surface area (Å²) in [5.41, 5.74) is 5.79. The number of hydrazine groups is 1. The van der Waals surface area contributed by atoms with Crippen molar-refractivity contribution >= 4 is 17.5 Å². The minimum absolute atomic E-state index is 0.0752. The molecule has 1 aliphatic heterocycles. The molecule has 0 radical (unpaired) electrons. The van der Waals surface area contributed by atoms with Crippen LogP contribution in [-0.4, -0.2) is 31.5 Å². The lowest BCUT2D eigenvalue weighted by Crippen LogP contribution is -2.48. The van der Waals surface area contributed by atoms with Crippen molar-refractivity contribution < 1.29 is 27.5 Å². The van der Waals surface area contributed by atoms with Crippen molar-refractivity contribution in [1.82, 2.24) is 10.9 Å². The standard InChI is InChI=1S/C20H20F3N3O3/c21-20(22,23)15-7-3-8-16(11-15)29-13-19(28)25-24-18(27)12-26-10-4-6-14-5-1-2-9-17(14)26/h1-3,5,7-9,11H,4,6,10,12-13H2,(H,24,27)(H,25,28). The number of carbonyl (C=O) groups excluding carboxylic acids is 2. The number of benzene rings is 2. The number of fused-ring (bicyclic) bond motifs is 1. The second-order valence-corrected chi connectivity index (χ2v) is 6.56. The van der Waals surface area contributed by atoms with Crippen molar-refractivity contribution in [3.63, 3.8) is 0 Å². The van der Waals surface area contributed by atoms with E-state index in [0.717, 1.165) is 37.2 Å². The number of halogens is 3. The van der Waals surface area contributed by atoms with E-state index in [4.69, 9.17) is 4.74 Å². The first-order chi connectivity index (χ1) is 13.8. The minimum atomic E-state index is -4.50. The number of aryl methyl sites for hydroxylation is 1. The first-order valence-corrected chi connectivity index (χ1v) is 9.03. The predicted octanol–water partition coefficient (Wildman–Crippen LogP) is 2.68. The predicted molar refractivity (Wildman–Crippen MR) is 100 cm³/mol. The van der Waals surface area contributed by atoms with E-state index in [1.165, 1.54) is 17.7 Å². The highest BCUT2D eigenvalue weighted by molar-refractivity contribution is 5.85. The number of alkyl halides is 3. The maximum Gasteiger partial charge on any atom is 0.416 e. The van der Waals surface area contributed by atoms with Crippen molar-refractivity contribution in [2.45, 2.75) is 19.0 Å². The number of hydrogen-bond acceptors (Lipinski definition) is 4. The molecule has 0 bridgehead atoms. The highest BCUT2D eigenvalue weighted by Crippen LogP contribution is 2.31. The van der Waals surface area contributed by atoms with Crippen molar-refractivity contribution in [3.05, 3.63) is 59.7 Å². The smallest absolute Gasteiger partial charge is 0.416 e. The van der Waals surface area contributed by atoms with E-state index in [2.05, 4.69) is 10.9 Å². The van der Waals surface area contributed by atoms with Crippen LogP contribution < -0.4 is 20.5 Å². The average Bonchev–Trinajstić information content (AvgIpc) is 2.70. The highest BCUT2D eigenvalue weighted by atomic mass is 19.4. The summed E-state index contributed by atoms with van der Waals surface area (Å²) in [7, 11) is 0. The first-order valence-electron chi connectivity index (χ1n) is 9.03. The molecule has 1 aliphatic rings. The molecule has 0 unspecified atom stereocenters. The van der Waals surface area contributed by atoms with Crippen LogP contribution in [-0.2, 0) is 22.2 Å². The summed E-state index contributed by atoms with van der Waals surface area (Å²) in [6, 6.07) is 12.0. The molecule has 0 spiro atoms. The molecule has 154 valence electrons. The van der Waals surface area contributed by atoms with E-state index in [9.17, 15) is 22.8 Å². The Morgan fingerprint density at radius 2 is 1.79 bits per heavy atom. The van der Waals surface area contributed by atoms with Gasteiger partial charge in [0.05, 0.1) is 12.1 Å². The van der Waals surface area contributed by atoms with E-state index >= 15 is 0 Å². The van der Waals surface area contributed by atoms with E-state index < -0.39 is 30.2 Å². The number of ether oxygens (including phenoxy) is 1. The van der Waals surface area contributed by atoms with E-state index in [-0.39, 0.29) is 12.3 Å². The summed E-state index contributed by atoms with van der Waals surface area (Å²) in [4.78, 5) is 25.9. The minimum Gasteiger partial charge on any atom is -0.484 e. The molecule has 0 saturated carbocycles. The highest BCUT2D eigenvalue weighted by Gasteiger charge is 2.30. The topological polar surface area (TPSA) is 70.7 Å². The molecule has 6 nitrogen and oxygen atoms in total. The lowest BCUT2D eigenvalue weighted by Gasteiger charge is -2.30. The summed E-state index contributed by atoms with van der Waals surface area (Å²) in [6.45, 7) is 0.275. The molecule has 2 amide bonds. The fraction of sp³-hybridized carbons (Fsp3) is 0.300. The summed E-state index contributed by atoms with van der Waals surface area (Å²) in [5, 5.41) is 0. The second-order valence-electron chi connectivity index (χ2n) is 6.56. The fourth-order valence-corrected chi connectivity index (χ4v) is 3.08. The lowest BCUT2D eigenvalue weighted by atomic mass is 10.0. The molecule has 0 fully saturated rings. The van der Waals surface area contributed by atoms with E-state index in [1.54, 1.807) is 0 Å². The zero-order valence-electron chi connectivity index (χ0n) is 15.5. The van der Waals surface area contributed by atoms with Crippen LogP contribution in [0, 0.1) is 0 Å². The van der Waals surface area contributed by atoms with Crippen LogP contribution in [0.4, 0.5) is 18.9 Å². The Kier molecular flexibility index (Phi) is 6.26. The number of carbonyl (C=O) groups is 2. The molecule has 9 heteroatoms. The van der Waals surface area contributed by atoms with Crippen LogP contribution >= 0.6 is 0 Å². The van der Waals surface area contributed by atoms with Gasteiger partial charge in [-0.3, -0.25) is 20.4 Å². The lowest BCUT2D eigenvalue weighted by molar-refractivity contribution is -0.137. The molecule has 2 aromatic carbocycles. The van der Waals surface area contributed by atoms with Crippen molar-refractivity contribution in [2.24, 2.45) is 0 Å². The summed E-state index contributed by atoms with van der Waals surface area (Å²) in [6.07, 6.45) is -2.61. The molecular formula is C20H20F3N3O3. The molecule has 0 atom stereocenters. The van der Waals surface area contributed by atoms with Crippen LogP contribution in [0.25, 0.3) is 0 Å². The van der Waals surface area contributed by atoms with Gasteiger partial charge in [0.15, 0.2) is 6.61 Å². The van der Waals surface area contributed by atoms with Gasteiger partial charge in [0.1, 0.15) is 5.75 Å². The number of rotatable bonds is 5. The Balaban J connectivity index is 1.45. The van der Waals surface area contributed by atoms with Crippen LogP contribution in [0.1, 0.15) is 17.5 Å². The Labute approximate surface area is 165 Å². The molecule has 1 heterocycles. The maximum atomic E-state index is 12.7. The van der Waals surface area contributed by atoms with Gasteiger partial charge in [-0.1, -0.05) is 24.3 Å². The van der Waals surface area contributed by atoms with Crippen molar-refractivity contribution in [2.75, 3.05) is 24.6 Å². The van der Waals surface area contributed by atoms with Gasteiger partial charge < -0.3 is 9.64 Å². The maximum absolute atomic E-state index is 12.7. The molecule has 0 saturated heterocycles. The zero-order chi connectivity index (χ0) is 20.9. The number of amides is 2. The van der Waals surface area contributed by atoms with Crippen molar-refractivity contribution in [3.8, 4) is 5.75 Å². The second kappa shape index (κ2) is 8.85. The van der Waals surface area contributed by atoms with Crippen LogP contribution in [0.3, 0.4) is 0 Å². The number of para-hydroxylation sites is 1. The van der Waals surface area contributed by atoms with Gasteiger partial charge in [-0.2, -0.15) is 13.2 Å². The Hall–Kier alpha value is -3.23. The van der Waals surface area contributed by atoms with Crippen LogP contribution in [0.15, 0.2) is 48.5 Å². The summed E-state index contributed by atoms with van der Waals surface area (Å²) < 4.78 is 43.1. The van der Waals surface area contributed by atoms with Gasteiger partial charge in [0.25, 0.3) is 11.8 Å². The van der Waals surface area contributed by atoms with E-state index in [0.29, 0.717) is 0 Å². The van der Waals surface area contributed by atoms with Gasteiger partial charge in [0, 0.05) is 12.2 Å². The monoisotopic (exact) mass is 407 g/mol. The number of hydrogen-bond donors (Lipinski definition) is 2. The molecule has 3 rings (SSSR count). The average molecular weight is 407 g/mol. The van der Waals surface area contributed by atoms with Gasteiger partial charge in [0.2, 0.25) is 0 Å². The Morgan fingerprint density at radius 3 is 2.59 bits per heavy atom. The van der Waals surface area contributed by atoms with Gasteiger partial charge in [-0.05, 0) is 42.7 Å². The molecule has 0 aromatic heterocycles. The third-order valence-electron chi connectivity index (χ3n) is 4.41. The fourth-order valence-electron chi connectivity index (χ4n) is 3.08. The molecule has 2 aromatic rings. The first kappa shape index (κ1) is 20.5. The molecular weight excluding hydrogens is 387 g/mol. The molecule has 2 N–H and O–H groups in total. The third kappa shape index (κ3) is 5.63. The molecule has 29 heavy (non-hydrogen) atoms. The number of nitrogens with zero attached hydrogens (tertiary/aromatic N) is 1. The normalized spacial score (nSPS) is 13.4. The number of anilines is 1. The Bertz CT molecular complexity index is 887. The van der Waals surface area contributed by atoms with E-state index in [1.807, 2.05) is 29.2 Å². The number of nitrogens with one attached hydrogen (secondary N) is 2. The van der Waals surface area contributed by atoms with Gasteiger partial charge in [-0.15, -0.1) is 0 Å². The molecule has 0 aliphatic carbocycles. The summed E-state index contributed by atoms with van der Waals surface area (Å²) >= 11 is 0.